The quantitative estimate of drug-likeness (QED) is 0.289. The lowest BCUT2D eigenvalue weighted by atomic mass is 10.0. The topological polar surface area (TPSA) is 62.1 Å². The van der Waals surface area contributed by atoms with Gasteiger partial charge < -0.3 is 10.1 Å². The van der Waals surface area contributed by atoms with Crippen LogP contribution in [0.5, 0.6) is 5.75 Å². The van der Waals surface area contributed by atoms with Crippen molar-refractivity contribution in [2.24, 2.45) is 0 Å². The summed E-state index contributed by atoms with van der Waals surface area (Å²) in [5, 5.41) is 12.2. The van der Waals surface area contributed by atoms with Crippen molar-refractivity contribution in [2.75, 3.05) is 6.61 Å². The largest absolute Gasteiger partial charge is 0.490 e. The summed E-state index contributed by atoms with van der Waals surface area (Å²) in [7, 11) is 0. The van der Waals surface area contributed by atoms with Gasteiger partial charge in [0.15, 0.2) is 5.54 Å². The van der Waals surface area contributed by atoms with E-state index in [-0.39, 0.29) is 6.61 Å². The molecule has 0 aliphatic heterocycles. The average molecular weight is 565 g/mol. The van der Waals surface area contributed by atoms with E-state index in [1.165, 1.54) is 31.2 Å². The predicted octanol–water partition coefficient (Wildman–Crippen LogP) is 8.31. The second-order valence-electron chi connectivity index (χ2n) is 6.05. The second-order valence-corrected chi connectivity index (χ2v) is 9.30. The molecule has 0 aromatic heterocycles. The number of amides is 1. The van der Waals surface area contributed by atoms with E-state index < -0.39 is 102 Å². The van der Waals surface area contributed by atoms with Crippen LogP contribution in [0.1, 0.15) is 17.3 Å². The number of nitrogens with zero attached hydrogens (tertiary/aromatic N) is 1. The Labute approximate surface area is 207 Å². The van der Waals surface area contributed by atoms with Crippen LogP contribution in [-0.2, 0) is 0 Å². The van der Waals surface area contributed by atoms with E-state index in [1.807, 2.05) is 6.07 Å². The third-order valence-electron chi connectivity index (χ3n) is 3.87. The molecule has 2 rings (SSSR count). The summed E-state index contributed by atoms with van der Waals surface area (Å²) in [6.07, 6.45) is 0. The van der Waals surface area contributed by atoms with Crippen molar-refractivity contribution < 1.29 is 29.0 Å². The zero-order valence-electron chi connectivity index (χ0n) is 15.6. The molecule has 0 aliphatic carbocycles. The highest BCUT2D eigenvalue weighted by Gasteiger charge is 2.35. The van der Waals surface area contributed by atoms with E-state index in [9.17, 15) is 29.5 Å². The minimum absolute atomic E-state index is 0.321. The Hall–Kier alpha value is -1.11. The van der Waals surface area contributed by atoms with Crippen molar-refractivity contribution in [1.82, 2.24) is 5.32 Å². The zero-order chi connectivity index (χ0) is 23.9. The first kappa shape index (κ1) is 27.1. The number of ether oxygens (including phenoxy) is 1. The summed E-state index contributed by atoms with van der Waals surface area (Å²) < 4.78 is 73.1. The molecule has 172 valence electrons. The van der Waals surface area contributed by atoms with E-state index in [4.69, 9.17) is 16.3 Å². The Bertz CT molecular complexity index is 995. The number of nitriles is 1. The highest BCUT2D eigenvalue weighted by Crippen LogP contribution is 2.52. The molecule has 0 saturated heterocycles. The molecule has 2 aromatic carbocycles. The summed E-state index contributed by atoms with van der Waals surface area (Å²) in [6.45, 7) is 0.883. The zero-order valence-corrected chi connectivity index (χ0v) is 20.4. The number of nitrogens with one attached hydrogen (secondary N) is 1. The van der Waals surface area contributed by atoms with Gasteiger partial charge in [-0.1, -0.05) is 11.6 Å². The number of halogens is 6. The van der Waals surface area contributed by atoms with Crippen LogP contribution in [-0.4, -0.2) is 18.1 Å². The molecule has 2 aromatic rings. The molecular formula is C17H10ClF5N2O2S5. The standard InChI is InChI=1S/C17H10ClF5N2O2S5/c1-17(6-24,7-27-9-4-2-8(18)3-5-9)25-16(26)10-11(28-19)13(30-21)15(32-23)14(31-22)12(10)29-20/h2-5H,7H2,1H3,(H,25,26). The molecule has 0 radical (unpaired) electrons. The smallest absolute Gasteiger partial charge is 0.255 e. The van der Waals surface area contributed by atoms with Crippen LogP contribution in [0.3, 0.4) is 0 Å². The third kappa shape index (κ3) is 6.06. The van der Waals surface area contributed by atoms with Gasteiger partial charge in [0.25, 0.3) is 5.91 Å². The third-order valence-corrected chi connectivity index (χ3v) is 7.45. The van der Waals surface area contributed by atoms with Crippen molar-refractivity contribution in [1.29, 1.82) is 5.26 Å². The van der Waals surface area contributed by atoms with Crippen LogP contribution in [0.4, 0.5) is 19.4 Å². The van der Waals surface area contributed by atoms with Crippen molar-refractivity contribution in [2.45, 2.75) is 36.9 Å². The molecule has 1 amide bonds. The maximum atomic E-state index is 13.7. The summed E-state index contributed by atoms with van der Waals surface area (Å²) in [6, 6.07) is 7.90. The fraction of sp³-hybridized carbons (Fsp3) is 0.176. The van der Waals surface area contributed by atoms with Crippen LogP contribution in [0.15, 0.2) is 48.7 Å². The van der Waals surface area contributed by atoms with Gasteiger partial charge in [-0.2, -0.15) is 24.7 Å². The van der Waals surface area contributed by atoms with Gasteiger partial charge in [-0.05, 0) is 31.2 Å². The van der Waals surface area contributed by atoms with E-state index >= 15 is 0 Å². The summed E-state index contributed by atoms with van der Waals surface area (Å²) in [5.74, 6) is -0.892. The van der Waals surface area contributed by atoms with Crippen LogP contribution in [0, 0.1) is 11.3 Å². The molecule has 0 saturated carbocycles. The van der Waals surface area contributed by atoms with Crippen LogP contribution in [0.25, 0.3) is 0 Å². The number of rotatable bonds is 10. The van der Waals surface area contributed by atoms with E-state index in [0.717, 1.165) is 0 Å². The number of carbonyl (C=O) groups is 1. The monoisotopic (exact) mass is 564 g/mol. The van der Waals surface area contributed by atoms with Crippen LogP contribution < -0.4 is 10.1 Å². The Morgan fingerprint density at radius 3 is 1.81 bits per heavy atom. The lowest BCUT2D eigenvalue weighted by Crippen LogP contribution is -2.49. The van der Waals surface area contributed by atoms with Gasteiger partial charge in [0.1, 0.15) is 12.4 Å². The number of carbonyl (C=O) groups excluding carboxylic acids is 1. The maximum Gasteiger partial charge on any atom is 0.255 e. The predicted molar refractivity (Wildman–Crippen MR) is 120 cm³/mol. The number of hydrogen-bond donors (Lipinski definition) is 1. The van der Waals surface area contributed by atoms with Crippen LogP contribution >= 0.6 is 72.3 Å². The maximum absolute atomic E-state index is 13.7. The molecule has 1 atom stereocenters. The summed E-state index contributed by atoms with van der Waals surface area (Å²) in [5.41, 5.74) is -2.50. The normalized spacial score (nSPS) is 12.7. The van der Waals surface area contributed by atoms with Crippen LogP contribution in [0.2, 0.25) is 5.02 Å². The van der Waals surface area contributed by atoms with Gasteiger partial charge >= 0.3 is 0 Å². The molecule has 1 N–H and O–H groups in total. The lowest BCUT2D eigenvalue weighted by molar-refractivity contribution is 0.0893. The van der Waals surface area contributed by atoms with Gasteiger partial charge in [-0.15, -0.1) is 0 Å². The van der Waals surface area contributed by atoms with E-state index in [2.05, 4.69) is 5.32 Å². The molecule has 0 bridgehead atoms. The summed E-state index contributed by atoms with van der Waals surface area (Å²) in [4.78, 5) is 9.22. The molecule has 15 heteroatoms. The Morgan fingerprint density at radius 1 is 0.969 bits per heavy atom. The number of benzene rings is 2. The first-order chi connectivity index (χ1) is 15.3. The Balaban J connectivity index is 2.45. The Kier molecular flexibility index (Phi) is 10.5. The summed E-state index contributed by atoms with van der Waals surface area (Å²) >= 11 is 2.62. The molecule has 0 fully saturated rings. The fourth-order valence-electron chi connectivity index (χ4n) is 2.37. The van der Waals surface area contributed by atoms with E-state index in [0.29, 0.717) is 10.8 Å². The fourth-order valence-corrected chi connectivity index (χ4v) is 5.43. The van der Waals surface area contributed by atoms with Crippen molar-refractivity contribution >= 4 is 78.2 Å². The molecule has 32 heavy (non-hydrogen) atoms. The number of hydrogen-bond acceptors (Lipinski definition) is 8. The van der Waals surface area contributed by atoms with E-state index in [1.54, 1.807) is 0 Å². The van der Waals surface area contributed by atoms with Gasteiger partial charge in [0.05, 0.1) is 96.8 Å². The molecule has 4 nitrogen and oxygen atoms in total. The average Bonchev–Trinajstić information content (AvgIpc) is 2.81. The highest BCUT2D eigenvalue weighted by molar-refractivity contribution is 8.00. The SMILES string of the molecule is CC(C#N)(COc1ccc(Cl)cc1)NC(=O)c1c(SF)c(SF)c(SF)c(SF)c1SF. The van der Waals surface area contributed by atoms with Gasteiger partial charge in [-0.3, -0.25) is 4.79 Å². The minimum Gasteiger partial charge on any atom is -0.490 e. The Morgan fingerprint density at radius 2 is 1.41 bits per heavy atom. The molecule has 0 heterocycles. The molecule has 1 unspecified atom stereocenters. The van der Waals surface area contributed by atoms with Gasteiger partial charge in [-0.25, -0.2) is 0 Å². The van der Waals surface area contributed by atoms with Crippen molar-refractivity contribution in [3.8, 4) is 11.8 Å². The van der Waals surface area contributed by atoms with Gasteiger partial charge in [0, 0.05) is 5.02 Å². The minimum atomic E-state index is -1.72. The molecule has 0 aliphatic rings. The highest BCUT2D eigenvalue weighted by atomic mass is 35.5. The van der Waals surface area contributed by atoms with Crippen molar-refractivity contribution in [3.63, 3.8) is 0 Å². The molecule has 0 spiro atoms. The first-order valence-electron chi connectivity index (χ1n) is 8.08. The van der Waals surface area contributed by atoms with Gasteiger partial charge in [0.2, 0.25) is 0 Å². The van der Waals surface area contributed by atoms with Crippen molar-refractivity contribution in [3.05, 3.63) is 34.9 Å². The lowest BCUT2D eigenvalue weighted by Gasteiger charge is -2.25. The second kappa shape index (κ2) is 12.4. The molecular weight excluding hydrogens is 555 g/mol. The first-order valence-corrected chi connectivity index (χ1v) is 12.0.